The lowest BCUT2D eigenvalue weighted by Gasteiger charge is -2.07. The summed E-state index contributed by atoms with van der Waals surface area (Å²) in [6.07, 6.45) is 0. The zero-order chi connectivity index (χ0) is 14.0. The third-order valence-electron chi connectivity index (χ3n) is 2.49. The Hall–Kier alpha value is -1.95. The summed E-state index contributed by atoms with van der Waals surface area (Å²) in [5.74, 6) is -0.137. The fraction of sp³-hybridized carbons (Fsp3) is 0.0769. The van der Waals surface area contributed by atoms with Gasteiger partial charge in [-0.05, 0) is 30.7 Å². The van der Waals surface area contributed by atoms with Crippen LogP contribution in [0.4, 0.5) is 10.1 Å². The largest absolute Gasteiger partial charge is 0.450 e. The number of nitrogens with zero attached hydrogens (tertiary/aromatic N) is 1. The molecule has 2 aromatic carbocycles. The summed E-state index contributed by atoms with van der Waals surface area (Å²) in [6, 6.07) is 8.72. The molecule has 4 nitrogen and oxygen atoms in total. The van der Waals surface area contributed by atoms with Crippen LogP contribution in [-0.2, 0) is 0 Å². The van der Waals surface area contributed by atoms with E-state index in [1.165, 1.54) is 18.2 Å². The lowest BCUT2D eigenvalue weighted by Crippen LogP contribution is -1.94. The van der Waals surface area contributed by atoms with Crippen molar-refractivity contribution >= 4 is 21.6 Å². The molecule has 2 rings (SSSR count). The summed E-state index contributed by atoms with van der Waals surface area (Å²) in [4.78, 5) is 10.4. The van der Waals surface area contributed by atoms with Crippen LogP contribution in [0.1, 0.15) is 5.56 Å². The molecule has 2 aromatic rings. The van der Waals surface area contributed by atoms with Gasteiger partial charge in [0.25, 0.3) is 0 Å². The molecule has 0 radical (unpaired) electrons. The van der Waals surface area contributed by atoms with Crippen molar-refractivity contribution in [2.75, 3.05) is 0 Å². The molecule has 0 aliphatic carbocycles. The molecule has 0 saturated heterocycles. The number of aryl methyl sites for hydroxylation is 1. The minimum Gasteiger partial charge on any atom is -0.450 e. The summed E-state index contributed by atoms with van der Waals surface area (Å²) in [6.45, 7) is 1.63. The number of hydrogen-bond donors (Lipinski definition) is 0. The van der Waals surface area contributed by atoms with Crippen molar-refractivity contribution < 1.29 is 14.1 Å². The third kappa shape index (κ3) is 3.08. The normalized spacial score (nSPS) is 10.3. The van der Waals surface area contributed by atoms with E-state index >= 15 is 0 Å². The molecule has 0 amide bonds. The summed E-state index contributed by atoms with van der Waals surface area (Å²) >= 11 is 3.15. The summed E-state index contributed by atoms with van der Waals surface area (Å²) in [7, 11) is 0. The Balaban J connectivity index is 2.37. The van der Waals surface area contributed by atoms with Crippen LogP contribution in [0.5, 0.6) is 11.5 Å². The summed E-state index contributed by atoms with van der Waals surface area (Å²) < 4.78 is 19.3. The van der Waals surface area contributed by atoms with Gasteiger partial charge in [0, 0.05) is 16.6 Å². The van der Waals surface area contributed by atoms with Gasteiger partial charge in [0.2, 0.25) is 5.75 Å². The van der Waals surface area contributed by atoms with E-state index in [0.29, 0.717) is 10.0 Å². The average molecular weight is 326 g/mol. The van der Waals surface area contributed by atoms with Crippen LogP contribution in [0.3, 0.4) is 0 Å². The molecule has 0 aliphatic heterocycles. The Labute approximate surface area is 117 Å². The first-order valence-corrected chi connectivity index (χ1v) is 6.14. The fourth-order valence-corrected chi connectivity index (χ4v) is 1.83. The van der Waals surface area contributed by atoms with Crippen LogP contribution in [0.25, 0.3) is 0 Å². The maximum atomic E-state index is 13.4. The van der Waals surface area contributed by atoms with E-state index in [0.717, 1.165) is 0 Å². The van der Waals surface area contributed by atoms with Gasteiger partial charge in [-0.3, -0.25) is 10.1 Å². The van der Waals surface area contributed by atoms with Gasteiger partial charge in [-0.15, -0.1) is 0 Å². The van der Waals surface area contributed by atoms with Crippen LogP contribution in [0, 0.1) is 22.9 Å². The van der Waals surface area contributed by atoms with E-state index in [2.05, 4.69) is 15.9 Å². The number of nitro groups is 1. The smallest absolute Gasteiger partial charge is 0.312 e. The number of benzene rings is 2. The predicted molar refractivity (Wildman–Crippen MR) is 72.0 cm³/mol. The first-order chi connectivity index (χ1) is 8.97. The van der Waals surface area contributed by atoms with Gasteiger partial charge in [-0.1, -0.05) is 22.0 Å². The van der Waals surface area contributed by atoms with Crippen LogP contribution < -0.4 is 4.74 Å². The van der Waals surface area contributed by atoms with Crippen LogP contribution in [-0.4, -0.2) is 4.92 Å². The Morgan fingerprint density at radius 2 is 2.00 bits per heavy atom. The maximum Gasteiger partial charge on any atom is 0.312 e. The van der Waals surface area contributed by atoms with Crippen molar-refractivity contribution in [3.05, 3.63) is 62.4 Å². The molecule has 0 spiro atoms. The van der Waals surface area contributed by atoms with Crippen molar-refractivity contribution in [3.63, 3.8) is 0 Å². The van der Waals surface area contributed by atoms with Gasteiger partial charge in [0.1, 0.15) is 11.6 Å². The second-order valence-corrected chi connectivity index (χ2v) is 4.80. The highest BCUT2D eigenvalue weighted by Gasteiger charge is 2.16. The number of nitro benzene ring substituents is 1. The molecule has 19 heavy (non-hydrogen) atoms. The molecule has 0 heterocycles. The van der Waals surface area contributed by atoms with Crippen LogP contribution in [0.15, 0.2) is 40.9 Å². The van der Waals surface area contributed by atoms with Crippen molar-refractivity contribution in [1.29, 1.82) is 0 Å². The molecule has 0 fully saturated rings. The molecule has 0 bridgehead atoms. The summed E-state index contributed by atoms with van der Waals surface area (Å²) in [5, 5.41) is 10.9. The molecule has 6 heteroatoms. The molecule has 0 unspecified atom stereocenters. The number of ether oxygens (including phenoxy) is 1. The molecule has 0 aliphatic rings. The number of halogens is 2. The van der Waals surface area contributed by atoms with Gasteiger partial charge in [-0.2, -0.15) is 0 Å². The highest BCUT2D eigenvalue weighted by molar-refractivity contribution is 9.10. The van der Waals surface area contributed by atoms with Gasteiger partial charge in [-0.25, -0.2) is 4.39 Å². The van der Waals surface area contributed by atoms with Crippen molar-refractivity contribution in [1.82, 2.24) is 0 Å². The van der Waals surface area contributed by atoms with Gasteiger partial charge in [0.05, 0.1) is 4.92 Å². The fourth-order valence-electron chi connectivity index (χ4n) is 1.48. The molecule has 0 atom stereocenters. The molecular formula is C13H9BrFNO3. The van der Waals surface area contributed by atoms with Gasteiger partial charge in [0.15, 0.2) is 0 Å². The molecule has 0 aromatic heterocycles. The average Bonchev–Trinajstić information content (AvgIpc) is 2.36. The number of rotatable bonds is 3. The van der Waals surface area contributed by atoms with Gasteiger partial charge < -0.3 is 4.74 Å². The molecule has 0 saturated carbocycles. The van der Waals surface area contributed by atoms with E-state index in [1.807, 2.05) is 0 Å². The molecule has 0 N–H and O–H groups in total. The van der Waals surface area contributed by atoms with Crippen molar-refractivity contribution in [3.8, 4) is 11.5 Å². The number of hydrogen-bond acceptors (Lipinski definition) is 3. The SMILES string of the molecule is Cc1ccc(Oc2ccc(Br)cc2[N+](=O)[O-])cc1F. The van der Waals surface area contributed by atoms with Crippen molar-refractivity contribution in [2.24, 2.45) is 0 Å². The minimum atomic E-state index is -0.551. The minimum absolute atomic E-state index is 0.0662. The predicted octanol–water partition coefficient (Wildman–Crippen LogP) is 4.60. The quantitative estimate of drug-likeness (QED) is 0.612. The topological polar surface area (TPSA) is 52.4 Å². The van der Waals surface area contributed by atoms with Gasteiger partial charge >= 0.3 is 5.69 Å². The molecule has 98 valence electrons. The zero-order valence-electron chi connectivity index (χ0n) is 9.89. The Morgan fingerprint density at radius 3 is 2.63 bits per heavy atom. The second kappa shape index (κ2) is 5.36. The lowest BCUT2D eigenvalue weighted by molar-refractivity contribution is -0.385. The highest BCUT2D eigenvalue weighted by atomic mass is 79.9. The Morgan fingerprint density at radius 1 is 1.26 bits per heavy atom. The zero-order valence-corrected chi connectivity index (χ0v) is 11.5. The van der Waals surface area contributed by atoms with E-state index in [1.54, 1.807) is 25.1 Å². The Bertz CT molecular complexity index is 646. The van der Waals surface area contributed by atoms with Crippen LogP contribution in [0.2, 0.25) is 0 Å². The maximum absolute atomic E-state index is 13.4. The van der Waals surface area contributed by atoms with Crippen molar-refractivity contribution in [2.45, 2.75) is 6.92 Å². The van der Waals surface area contributed by atoms with E-state index < -0.39 is 10.7 Å². The second-order valence-electron chi connectivity index (χ2n) is 3.88. The van der Waals surface area contributed by atoms with E-state index in [4.69, 9.17) is 4.74 Å². The first kappa shape index (κ1) is 13.5. The van der Waals surface area contributed by atoms with E-state index in [9.17, 15) is 14.5 Å². The monoisotopic (exact) mass is 325 g/mol. The third-order valence-corrected chi connectivity index (χ3v) is 2.98. The summed E-state index contributed by atoms with van der Waals surface area (Å²) in [5.41, 5.74) is 0.299. The Kier molecular flexibility index (Phi) is 3.80. The standard InChI is InChI=1S/C13H9BrFNO3/c1-8-2-4-10(7-11(8)15)19-13-5-3-9(14)6-12(13)16(17)18/h2-7H,1H3. The van der Waals surface area contributed by atoms with Crippen LogP contribution >= 0.6 is 15.9 Å². The van der Waals surface area contributed by atoms with E-state index in [-0.39, 0.29) is 17.2 Å². The lowest BCUT2D eigenvalue weighted by atomic mass is 10.2. The molecular weight excluding hydrogens is 317 g/mol. The first-order valence-electron chi connectivity index (χ1n) is 5.35. The highest BCUT2D eigenvalue weighted by Crippen LogP contribution is 2.33.